The lowest BCUT2D eigenvalue weighted by Crippen LogP contribution is -2.25. The molecule has 27 heavy (non-hydrogen) atoms. The number of carbonyl (C=O) groups excluding carboxylic acids is 1. The molecule has 0 aliphatic heterocycles. The molecule has 8 nitrogen and oxygen atoms in total. The maximum atomic E-state index is 13.2. The summed E-state index contributed by atoms with van der Waals surface area (Å²) in [6, 6.07) is 2.83. The first-order chi connectivity index (χ1) is 12.6. The van der Waals surface area contributed by atoms with Crippen LogP contribution in [0.3, 0.4) is 0 Å². The van der Waals surface area contributed by atoms with E-state index in [4.69, 9.17) is 0 Å². The molecule has 0 fully saturated rings. The Kier molecular flexibility index (Phi) is 6.03. The molecule has 0 radical (unpaired) electrons. The second-order valence-corrected chi connectivity index (χ2v) is 5.87. The van der Waals surface area contributed by atoms with Crippen molar-refractivity contribution in [2.45, 2.75) is 33.9 Å². The van der Waals surface area contributed by atoms with E-state index in [1.807, 2.05) is 0 Å². The zero-order chi connectivity index (χ0) is 20.3. The Balaban J connectivity index is 2.15. The van der Waals surface area contributed by atoms with Crippen LogP contribution in [0, 0.1) is 35.7 Å². The van der Waals surface area contributed by atoms with Crippen molar-refractivity contribution in [3.8, 4) is 5.75 Å². The molecule has 0 aliphatic carbocycles. The SMILES string of the molecule is Cc1nn(CC(C)C(=O)Nc2ccc(F)cc2OC(F)F)c(C)c1[N+](=O)[O-]. The van der Waals surface area contributed by atoms with E-state index in [0.717, 1.165) is 18.2 Å². The van der Waals surface area contributed by atoms with Crippen molar-refractivity contribution in [3.63, 3.8) is 0 Å². The predicted molar refractivity (Wildman–Crippen MR) is 89.2 cm³/mol. The number of amides is 1. The number of nitrogens with zero attached hydrogens (tertiary/aromatic N) is 3. The van der Waals surface area contributed by atoms with E-state index in [2.05, 4.69) is 15.2 Å². The molecule has 0 saturated heterocycles. The number of halogens is 3. The molecule has 1 atom stereocenters. The van der Waals surface area contributed by atoms with Gasteiger partial charge in [0.2, 0.25) is 5.91 Å². The highest BCUT2D eigenvalue weighted by Gasteiger charge is 2.24. The van der Waals surface area contributed by atoms with Gasteiger partial charge in [0.15, 0.2) is 5.75 Å². The number of nitrogens with one attached hydrogen (secondary N) is 1. The number of rotatable bonds is 7. The second kappa shape index (κ2) is 8.06. The minimum atomic E-state index is -3.19. The summed E-state index contributed by atoms with van der Waals surface area (Å²) < 4.78 is 43.7. The van der Waals surface area contributed by atoms with Gasteiger partial charge in [-0.2, -0.15) is 13.9 Å². The molecule has 1 N–H and O–H groups in total. The molecule has 1 amide bonds. The summed E-state index contributed by atoms with van der Waals surface area (Å²) in [4.78, 5) is 22.8. The van der Waals surface area contributed by atoms with Gasteiger partial charge in [0.05, 0.1) is 23.1 Å². The van der Waals surface area contributed by atoms with Crippen LogP contribution < -0.4 is 10.1 Å². The van der Waals surface area contributed by atoms with Gasteiger partial charge in [-0.1, -0.05) is 6.92 Å². The summed E-state index contributed by atoms with van der Waals surface area (Å²) in [6.45, 7) is 1.37. The lowest BCUT2D eigenvalue weighted by atomic mass is 10.1. The molecule has 0 spiro atoms. The molecule has 1 heterocycles. The van der Waals surface area contributed by atoms with Crippen molar-refractivity contribution in [2.24, 2.45) is 5.92 Å². The van der Waals surface area contributed by atoms with E-state index < -0.39 is 34.9 Å². The number of nitro groups is 1. The van der Waals surface area contributed by atoms with Crippen molar-refractivity contribution in [1.82, 2.24) is 9.78 Å². The summed E-state index contributed by atoms with van der Waals surface area (Å²) >= 11 is 0. The lowest BCUT2D eigenvalue weighted by molar-refractivity contribution is -0.386. The molecule has 146 valence electrons. The van der Waals surface area contributed by atoms with Crippen LogP contribution in [0.1, 0.15) is 18.3 Å². The van der Waals surface area contributed by atoms with Gasteiger partial charge in [0.25, 0.3) is 0 Å². The normalized spacial score (nSPS) is 12.1. The third kappa shape index (κ3) is 4.74. The van der Waals surface area contributed by atoms with Gasteiger partial charge < -0.3 is 10.1 Å². The summed E-state index contributed by atoms with van der Waals surface area (Å²) in [5, 5.41) is 17.5. The van der Waals surface area contributed by atoms with Crippen molar-refractivity contribution in [2.75, 3.05) is 5.32 Å². The Bertz CT molecular complexity index is 870. The van der Waals surface area contributed by atoms with Gasteiger partial charge in [0, 0.05) is 6.07 Å². The van der Waals surface area contributed by atoms with Crippen LogP contribution in [0.5, 0.6) is 5.75 Å². The van der Waals surface area contributed by atoms with Gasteiger partial charge in [0.1, 0.15) is 17.2 Å². The highest BCUT2D eigenvalue weighted by atomic mass is 19.3. The van der Waals surface area contributed by atoms with Gasteiger partial charge >= 0.3 is 12.3 Å². The minimum absolute atomic E-state index is 0.0264. The highest BCUT2D eigenvalue weighted by Crippen LogP contribution is 2.28. The third-order valence-corrected chi connectivity index (χ3v) is 3.84. The Morgan fingerprint density at radius 1 is 1.41 bits per heavy atom. The molecule has 0 saturated carbocycles. The van der Waals surface area contributed by atoms with Crippen molar-refractivity contribution >= 4 is 17.3 Å². The van der Waals surface area contributed by atoms with Gasteiger partial charge in [-0.15, -0.1) is 0 Å². The van der Waals surface area contributed by atoms with Crippen LogP contribution in [0.2, 0.25) is 0 Å². The van der Waals surface area contributed by atoms with Crippen LogP contribution in [0.25, 0.3) is 0 Å². The van der Waals surface area contributed by atoms with Crippen LogP contribution in [-0.2, 0) is 11.3 Å². The molecule has 2 aromatic rings. The summed E-state index contributed by atoms with van der Waals surface area (Å²) in [7, 11) is 0. The Morgan fingerprint density at radius 2 is 2.07 bits per heavy atom. The summed E-state index contributed by atoms with van der Waals surface area (Å²) in [5.41, 5.74) is 0.263. The van der Waals surface area contributed by atoms with E-state index >= 15 is 0 Å². The van der Waals surface area contributed by atoms with E-state index in [1.54, 1.807) is 0 Å². The standard InChI is InChI=1S/C16H17F3N4O4/c1-8(7-22-10(3)14(23(25)26)9(2)21-22)15(24)20-12-5-4-11(17)6-13(12)27-16(18)19/h4-6,8,16H,7H2,1-3H3,(H,20,24). The second-order valence-electron chi connectivity index (χ2n) is 5.87. The fourth-order valence-corrected chi connectivity index (χ4v) is 2.52. The van der Waals surface area contributed by atoms with Gasteiger partial charge in [-0.05, 0) is 26.0 Å². The number of aryl methyl sites for hydroxylation is 1. The smallest absolute Gasteiger partial charge is 0.387 e. The number of benzene rings is 1. The fraction of sp³-hybridized carbons (Fsp3) is 0.375. The number of hydrogen-bond acceptors (Lipinski definition) is 5. The fourth-order valence-electron chi connectivity index (χ4n) is 2.52. The average molecular weight is 386 g/mol. The molecule has 1 aromatic heterocycles. The van der Waals surface area contributed by atoms with Crippen LogP contribution in [0.15, 0.2) is 18.2 Å². The molecule has 11 heteroatoms. The number of ether oxygens (including phenoxy) is 1. The number of aromatic nitrogens is 2. The largest absolute Gasteiger partial charge is 0.432 e. The minimum Gasteiger partial charge on any atom is -0.432 e. The zero-order valence-corrected chi connectivity index (χ0v) is 14.7. The number of alkyl halides is 2. The Morgan fingerprint density at radius 3 is 2.63 bits per heavy atom. The van der Waals surface area contributed by atoms with E-state index in [9.17, 15) is 28.1 Å². The molecule has 0 aliphatic rings. The molecule has 0 bridgehead atoms. The summed E-state index contributed by atoms with van der Waals surface area (Å²) in [6.07, 6.45) is 0. The van der Waals surface area contributed by atoms with E-state index in [1.165, 1.54) is 25.5 Å². The van der Waals surface area contributed by atoms with Crippen LogP contribution in [0.4, 0.5) is 24.5 Å². The highest BCUT2D eigenvalue weighted by molar-refractivity contribution is 5.93. The first-order valence-corrected chi connectivity index (χ1v) is 7.83. The third-order valence-electron chi connectivity index (χ3n) is 3.84. The predicted octanol–water partition coefficient (Wildman–Crippen LogP) is 3.42. The number of carbonyl (C=O) groups is 1. The Hall–Kier alpha value is -3.11. The first-order valence-electron chi connectivity index (χ1n) is 7.83. The van der Waals surface area contributed by atoms with Gasteiger partial charge in [-0.3, -0.25) is 19.6 Å². The maximum Gasteiger partial charge on any atom is 0.387 e. The number of hydrogen-bond donors (Lipinski definition) is 1. The molecule has 1 aromatic carbocycles. The molecular weight excluding hydrogens is 369 g/mol. The lowest BCUT2D eigenvalue weighted by Gasteiger charge is -2.15. The molecule has 1 unspecified atom stereocenters. The van der Waals surface area contributed by atoms with Gasteiger partial charge in [-0.25, -0.2) is 4.39 Å². The zero-order valence-electron chi connectivity index (χ0n) is 14.7. The van der Waals surface area contributed by atoms with Crippen molar-refractivity contribution in [3.05, 3.63) is 45.5 Å². The van der Waals surface area contributed by atoms with Crippen LogP contribution >= 0.6 is 0 Å². The van der Waals surface area contributed by atoms with Crippen molar-refractivity contribution in [1.29, 1.82) is 0 Å². The quantitative estimate of drug-likeness (QED) is 0.581. The monoisotopic (exact) mass is 386 g/mol. The topological polar surface area (TPSA) is 99.3 Å². The van der Waals surface area contributed by atoms with Crippen LogP contribution in [-0.4, -0.2) is 27.2 Å². The maximum absolute atomic E-state index is 13.2. The van der Waals surface area contributed by atoms with E-state index in [0.29, 0.717) is 5.69 Å². The van der Waals surface area contributed by atoms with E-state index in [-0.39, 0.29) is 23.6 Å². The first kappa shape index (κ1) is 20.2. The Labute approximate surface area is 152 Å². The average Bonchev–Trinajstić information content (AvgIpc) is 2.83. The summed E-state index contributed by atoms with van der Waals surface area (Å²) in [5.74, 6) is -2.60. The molecule has 2 rings (SSSR count). The van der Waals surface area contributed by atoms with Crippen molar-refractivity contribution < 1.29 is 27.6 Å². The number of anilines is 1. The molecular formula is C16H17F3N4O4.